The molecule has 1 amide bonds. The predicted octanol–water partition coefficient (Wildman–Crippen LogP) is 6.94. The van der Waals surface area contributed by atoms with Gasteiger partial charge in [0.15, 0.2) is 11.0 Å². The molecule has 0 saturated heterocycles. The molecule has 0 spiro atoms. The highest BCUT2D eigenvalue weighted by Crippen LogP contribution is 2.31. The monoisotopic (exact) mass is 582 g/mol. The van der Waals surface area contributed by atoms with E-state index < -0.39 is 15.9 Å². The fourth-order valence-corrected chi connectivity index (χ4v) is 4.65. The number of amides is 1. The first kappa shape index (κ1) is 26.0. The van der Waals surface area contributed by atoms with Crippen LogP contribution in [0.15, 0.2) is 78.0 Å². The van der Waals surface area contributed by atoms with Crippen molar-refractivity contribution in [1.29, 1.82) is 0 Å². The Morgan fingerprint density at radius 1 is 0.889 bits per heavy atom. The molecule has 4 aromatic rings. The van der Waals surface area contributed by atoms with E-state index in [4.69, 9.17) is 51.1 Å². The molecule has 13 heteroatoms. The molecule has 0 saturated carbocycles. The second kappa shape index (κ2) is 10.9. The largest absolute Gasteiger partial charge is 0.456 e. The van der Waals surface area contributed by atoms with Crippen LogP contribution in [-0.4, -0.2) is 24.3 Å². The maximum absolute atomic E-state index is 13.0. The van der Waals surface area contributed by atoms with E-state index in [2.05, 4.69) is 20.0 Å². The van der Waals surface area contributed by atoms with Crippen molar-refractivity contribution >= 4 is 73.8 Å². The van der Waals surface area contributed by atoms with Gasteiger partial charge in [0.05, 0.1) is 21.2 Å². The van der Waals surface area contributed by atoms with Gasteiger partial charge in [-0.05, 0) is 54.6 Å². The van der Waals surface area contributed by atoms with E-state index in [1.807, 2.05) is 0 Å². The average Bonchev–Trinajstić information content (AvgIpc) is 2.85. The first-order chi connectivity index (χ1) is 17.1. The second-order valence-electron chi connectivity index (χ2n) is 7.08. The smallest absolute Gasteiger partial charge is 0.261 e. The van der Waals surface area contributed by atoms with Gasteiger partial charge in [-0.25, -0.2) is 18.4 Å². The average molecular weight is 584 g/mol. The van der Waals surface area contributed by atoms with Gasteiger partial charge in [-0.3, -0.25) is 9.52 Å². The molecule has 0 aliphatic carbocycles. The van der Waals surface area contributed by atoms with Gasteiger partial charge in [0.2, 0.25) is 0 Å². The van der Waals surface area contributed by atoms with Crippen LogP contribution in [-0.2, 0) is 10.0 Å². The molecule has 184 valence electrons. The SMILES string of the molecule is O=C(Nc1ncnc(Cl)c1Cl)c1cc(Cl)ccc1NS(=O)(=O)c1ccc(Oc2ccccc2Cl)cc1. The van der Waals surface area contributed by atoms with Crippen LogP contribution in [0, 0.1) is 0 Å². The maximum Gasteiger partial charge on any atom is 0.261 e. The lowest BCUT2D eigenvalue weighted by molar-refractivity contribution is 0.102. The summed E-state index contributed by atoms with van der Waals surface area (Å²) in [4.78, 5) is 20.4. The molecule has 3 aromatic carbocycles. The molecule has 2 N–H and O–H groups in total. The van der Waals surface area contributed by atoms with Crippen LogP contribution < -0.4 is 14.8 Å². The van der Waals surface area contributed by atoms with Crippen molar-refractivity contribution in [2.24, 2.45) is 0 Å². The number of hydrogen-bond donors (Lipinski definition) is 2. The highest BCUT2D eigenvalue weighted by molar-refractivity contribution is 7.92. The number of carbonyl (C=O) groups excluding carboxylic acids is 1. The number of sulfonamides is 1. The summed E-state index contributed by atoms with van der Waals surface area (Å²) in [5.74, 6) is 0.0312. The topological polar surface area (TPSA) is 110 Å². The molecule has 0 aliphatic rings. The van der Waals surface area contributed by atoms with Crippen LogP contribution in [0.4, 0.5) is 11.5 Å². The molecular weight excluding hydrogens is 570 g/mol. The number of nitrogens with zero attached hydrogens (tertiary/aromatic N) is 2. The Balaban J connectivity index is 1.56. The number of benzene rings is 3. The minimum Gasteiger partial charge on any atom is -0.456 e. The quantitative estimate of drug-likeness (QED) is 0.228. The van der Waals surface area contributed by atoms with Crippen molar-refractivity contribution in [3.63, 3.8) is 0 Å². The summed E-state index contributed by atoms with van der Waals surface area (Å²) in [7, 11) is -4.10. The van der Waals surface area contributed by atoms with Gasteiger partial charge in [-0.2, -0.15) is 0 Å². The van der Waals surface area contributed by atoms with Gasteiger partial charge in [0.25, 0.3) is 15.9 Å². The van der Waals surface area contributed by atoms with Gasteiger partial charge in [0, 0.05) is 5.02 Å². The summed E-state index contributed by atoms with van der Waals surface area (Å²) >= 11 is 24.0. The van der Waals surface area contributed by atoms with Gasteiger partial charge < -0.3 is 10.1 Å². The molecule has 0 bridgehead atoms. The van der Waals surface area contributed by atoms with Crippen molar-refractivity contribution in [2.75, 3.05) is 10.0 Å². The molecule has 1 aromatic heterocycles. The van der Waals surface area contributed by atoms with E-state index >= 15 is 0 Å². The molecule has 0 radical (unpaired) electrons. The van der Waals surface area contributed by atoms with Crippen LogP contribution in [0.25, 0.3) is 0 Å². The summed E-state index contributed by atoms with van der Waals surface area (Å²) in [6, 6.07) is 16.6. The molecule has 0 unspecified atom stereocenters. The van der Waals surface area contributed by atoms with Gasteiger partial charge in [-0.15, -0.1) is 0 Å². The molecule has 8 nitrogen and oxygen atoms in total. The number of ether oxygens (including phenoxy) is 1. The molecule has 36 heavy (non-hydrogen) atoms. The summed E-state index contributed by atoms with van der Waals surface area (Å²) in [6.07, 6.45) is 1.12. The number of nitrogens with one attached hydrogen (secondary N) is 2. The Morgan fingerprint density at radius 3 is 2.33 bits per heavy atom. The third-order valence-electron chi connectivity index (χ3n) is 4.65. The lowest BCUT2D eigenvalue weighted by Gasteiger charge is -2.14. The standard InChI is InChI=1S/C23H14Cl4N4O4S/c24-13-5-10-18(16(11-13)23(32)30-22-20(26)21(27)28-12-29-22)31-36(33,34)15-8-6-14(7-9-15)35-19-4-2-1-3-17(19)25/h1-12,31H,(H,28,29,30,32). The van der Waals surface area contributed by atoms with E-state index in [9.17, 15) is 13.2 Å². The summed E-state index contributed by atoms with van der Waals surface area (Å²) < 4.78 is 34.2. The zero-order valence-electron chi connectivity index (χ0n) is 17.9. The van der Waals surface area contributed by atoms with Gasteiger partial charge >= 0.3 is 0 Å². The summed E-state index contributed by atoms with van der Waals surface area (Å²) in [5, 5.41) is 2.95. The van der Waals surface area contributed by atoms with Gasteiger partial charge in [-0.1, -0.05) is 58.5 Å². The van der Waals surface area contributed by atoms with E-state index in [1.54, 1.807) is 24.3 Å². The molecule has 0 atom stereocenters. The van der Waals surface area contributed by atoms with E-state index in [-0.39, 0.29) is 37.2 Å². The van der Waals surface area contributed by atoms with Crippen molar-refractivity contribution in [2.45, 2.75) is 4.90 Å². The number of rotatable bonds is 7. The van der Waals surface area contributed by atoms with Crippen molar-refractivity contribution in [1.82, 2.24) is 9.97 Å². The fourth-order valence-electron chi connectivity index (χ4n) is 2.95. The number of hydrogen-bond acceptors (Lipinski definition) is 6. The summed E-state index contributed by atoms with van der Waals surface area (Å²) in [6.45, 7) is 0. The highest BCUT2D eigenvalue weighted by atomic mass is 35.5. The van der Waals surface area contributed by atoms with Crippen LogP contribution >= 0.6 is 46.4 Å². The number of aromatic nitrogens is 2. The molecule has 1 heterocycles. The zero-order valence-corrected chi connectivity index (χ0v) is 21.7. The Kier molecular flexibility index (Phi) is 7.87. The lowest BCUT2D eigenvalue weighted by atomic mass is 10.1. The Morgan fingerprint density at radius 2 is 1.61 bits per heavy atom. The van der Waals surface area contributed by atoms with Crippen LogP contribution in [0.5, 0.6) is 11.5 Å². The van der Waals surface area contributed by atoms with E-state index in [0.29, 0.717) is 16.5 Å². The van der Waals surface area contributed by atoms with E-state index in [0.717, 1.165) is 6.33 Å². The Hall–Kier alpha value is -3.08. The summed E-state index contributed by atoms with van der Waals surface area (Å²) in [5.41, 5.74) is -0.0971. The van der Waals surface area contributed by atoms with Crippen molar-refractivity contribution in [3.8, 4) is 11.5 Å². The minimum absolute atomic E-state index is 0.0235. The number of para-hydroxylation sites is 1. The third kappa shape index (κ3) is 6.00. The van der Waals surface area contributed by atoms with Crippen LogP contribution in [0.1, 0.15) is 10.4 Å². The van der Waals surface area contributed by atoms with E-state index in [1.165, 1.54) is 42.5 Å². The number of carbonyl (C=O) groups is 1. The normalized spacial score (nSPS) is 11.1. The first-order valence-electron chi connectivity index (χ1n) is 9.96. The Labute approximate surface area is 226 Å². The number of halogens is 4. The van der Waals surface area contributed by atoms with Crippen molar-refractivity contribution in [3.05, 3.63) is 98.8 Å². The van der Waals surface area contributed by atoms with Crippen LogP contribution in [0.2, 0.25) is 20.2 Å². The Bertz CT molecular complexity index is 1550. The fraction of sp³-hybridized carbons (Fsp3) is 0. The molecule has 4 rings (SSSR count). The second-order valence-corrected chi connectivity index (χ2v) is 10.3. The third-order valence-corrected chi connectivity index (χ3v) is 7.32. The number of anilines is 2. The predicted molar refractivity (Wildman–Crippen MR) is 140 cm³/mol. The highest BCUT2D eigenvalue weighted by Gasteiger charge is 2.21. The minimum atomic E-state index is -4.10. The molecular formula is C23H14Cl4N4O4S. The molecule has 0 aliphatic heterocycles. The molecule has 0 fully saturated rings. The lowest BCUT2D eigenvalue weighted by Crippen LogP contribution is -2.19. The van der Waals surface area contributed by atoms with Crippen molar-refractivity contribution < 1.29 is 17.9 Å². The maximum atomic E-state index is 13.0. The van der Waals surface area contributed by atoms with Crippen LogP contribution in [0.3, 0.4) is 0 Å². The van der Waals surface area contributed by atoms with Gasteiger partial charge in [0.1, 0.15) is 22.8 Å². The first-order valence-corrected chi connectivity index (χ1v) is 13.0. The zero-order chi connectivity index (χ0) is 25.9.